The van der Waals surface area contributed by atoms with Crippen molar-refractivity contribution in [2.24, 2.45) is 5.41 Å². The van der Waals surface area contributed by atoms with Gasteiger partial charge in [0.05, 0.1) is 42.2 Å². The average Bonchev–Trinajstić information content (AvgIpc) is 2.91. The van der Waals surface area contributed by atoms with Crippen molar-refractivity contribution in [3.05, 3.63) is 86.3 Å². The fraction of sp³-hybridized carbons (Fsp3) is 0.412. The Bertz CT molecular complexity index is 3320. The fourth-order valence-corrected chi connectivity index (χ4v) is 13.3. The molecule has 9 rings (SSSR count). The van der Waals surface area contributed by atoms with E-state index in [1.165, 1.54) is 90.6 Å². The smallest absolute Gasteiger partial charge is 0.534 e. The summed E-state index contributed by atoms with van der Waals surface area (Å²) < 4.78 is 64.6. The molecule has 0 bridgehead atoms. The number of carbonyl (C=O) groups is 6. The van der Waals surface area contributed by atoms with Gasteiger partial charge in [0.25, 0.3) is 0 Å². The number of ether oxygens (including phenoxy) is 9. The van der Waals surface area contributed by atoms with E-state index in [1.54, 1.807) is 80.6 Å². The zero-order valence-corrected chi connectivity index (χ0v) is 52.7. The second-order valence-corrected chi connectivity index (χ2v) is 26.0. The van der Waals surface area contributed by atoms with E-state index in [-0.39, 0.29) is 79.5 Å². The zero-order chi connectivity index (χ0) is 62.8. The standard InChI is InChI=1S/C18H21BN2O7S2.C17H19BN2O7S2.C16H17BN2O7S2/c1-18(2,3)16(23)27-9-26-15(22)13-11(25-4)6-5-10-7-12(19(24)28-14(10)13)30-17-21-20-8-29-17;1-3-4-13(21)25-9-26-16(22)14-11(24-2)6-5-10-7-12(18(23)27-15(10)14)29-17-20-19-8-28-17;1-3-12(20)24-8-25-15(21)13-10(23-2)5-4-9-6-11(17(22)26-14(9)13)28-16-19-18-7-27-16/h5-6,8,12,24H,7,9H2,1-4H3;5-6,8,12,23H,3-4,7,9H2,1-2H3;4-5,7,11,22H,3,6,8H2,1-2H3/t2*12-;11-/m000/s1. The lowest BCUT2D eigenvalue weighted by molar-refractivity contribution is -0.161. The summed E-state index contributed by atoms with van der Waals surface area (Å²) in [6, 6.07) is 10.2. The van der Waals surface area contributed by atoms with E-state index in [4.69, 9.17) is 56.6 Å². The minimum atomic E-state index is -1.18. The van der Waals surface area contributed by atoms with Crippen LogP contribution in [0, 0.1) is 5.41 Å². The molecule has 0 fully saturated rings. The molecule has 3 aromatic carbocycles. The maximum atomic E-state index is 12.7. The van der Waals surface area contributed by atoms with Gasteiger partial charge in [0.2, 0.25) is 20.4 Å². The van der Waals surface area contributed by atoms with Gasteiger partial charge < -0.3 is 71.7 Å². The summed E-state index contributed by atoms with van der Waals surface area (Å²) in [6.45, 7) is 6.98. The van der Waals surface area contributed by atoms with Gasteiger partial charge in [-0.25, -0.2) is 14.4 Å². The molecule has 6 heterocycles. The number of nitrogens with zero attached hydrogens (tertiary/aromatic N) is 6. The van der Waals surface area contributed by atoms with Crippen LogP contribution < -0.4 is 28.2 Å². The number of hydrogen-bond acceptors (Lipinski definition) is 33. The number of methoxy groups -OCH3 is 3. The Morgan fingerprint density at radius 2 is 0.862 bits per heavy atom. The maximum Gasteiger partial charge on any atom is 0.537 e. The number of thioether (sulfide) groups is 3. The minimum Gasteiger partial charge on any atom is -0.534 e. The first-order valence-corrected chi connectivity index (χ1v) is 31.5. The molecule has 0 aliphatic carbocycles. The van der Waals surface area contributed by atoms with E-state index in [0.29, 0.717) is 55.4 Å². The van der Waals surface area contributed by atoms with Crippen molar-refractivity contribution in [2.45, 2.75) is 102 Å². The molecule has 27 nitrogen and oxygen atoms in total. The topological polar surface area (TPSA) is 351 Å². The van der Waals surface area contributed by atoms with Crippen LogP contribution in [-0.4, -0.2) is 160 Å². The molecule has 0 unspecified atom stereocenters. The molecule has 3 atom stereocenters. The predicted molar refractivity (Wildman–Crippen MR) is 318 cm³/mol. The second-order valence-electron chi connectivity index (χ2n) is 19.1. The van der Waals surface area contributed by atoms with Crippen molar-refractivity contribution >= 4 is 126 Å². The Kier molecular flexibility index (Phi) is 25.1. The lowest BCUT2D eigenvalue weighted by Gasteiger charge is -2.28. The second kappa shape index (κ2) is 32.4. The lowest BCUT2D eigenvalue weighted by atomic mass is 9.77. The van der Waals surface area contributed by atoms with Gasteiger partial charge in [-0.1, -0.05) is 101 Å². The molecule has 3 aliphatic heterocycles. The van der Waals surface area contributed by atoms with Crippen molar-refractivity contribution in [2.75, 3.05) is 41.7 Å². The highest BCUT2D eigenvalue weighted by molar-refractivity contribution is 8.03. The number of benzene rings is 3. The van der Waals surface area contributed by atoms with Gasteiger partial charge in [-0.3, -0.25) is 14.4 Å². The molecule has 0 saturated heterocycles. The van der Waals surface area contributed by atoms with Crippen molar-refractivity contribution in [3.63, 3.8) is 0 Å². The summed E-state index contributed by atoms with van der Waals surface area (Å²) in [7, 11) is 0.709. The van der Waals surface area contributed by atoms with Crippen molar-refractivity contribution in [3.8, 4) is 34.5 Å². The normalized spacial score (nSPS) is 15.5. The molecule has 36 heteroatoms. The first kappa shape index (κ1) is 67.6. The third kappa shape index (κ3) is 18.3. The van der Waals surface area contributed by atoms with Crippen molar-refractivity contribution in [1.29, 1.82) is 0 Å². The maximum absolute atomic E-state index is 12.7. The molecule has 0 saturated carbocycles. The van der Waals surface area contributed by atoms with Gasteiger partial charge in [0, 0.05) is 12.8 Å². The molecule has 462 valence electrons. The fourth-order valence-electron chi connectivity index (χ4n) is 7.92. The summed E-state index contributed by atoms with van der Waals surface area (Å²) in [5, 5.41) is 53.6. The predicted octanol–water partition coefficient (Wildman–Crippen LogP) is 6.22. The largest absolute Gasteiger partial charge is 0.537 e. The molecule has 6 aromatic rings. The van der Waals surface area contributed by atoms with E-state index in [2.05, 4.69) is 30.6 Å². The lowest BCUT2D eigenvalue weighted by Crippen LogP contribution is -2.41. The highest BCUT2D eigenvalue weighted by atomic mass is 32.2. The summed E-state index contributed by atoms with van der Waals surface area (Å²) >= 11 is 8.16. The van der Waals surface area contributed by atoms with Crippen LogP contribution in [0.2, 0.25) is 0 Å². The highest BCUT2D eigenvalue weighted by Gasteiger charge is 2.42. The van der Waals surface area contributed by atoms with Gasteiger partial charge in [-0.2, -0.15) is 0 Å². The third-order valence-electron chi connectivity index (χ3n) is 12.1. The Balaban J connectivity index is 0.000000187. The molecule has 0 amide bonds. The van der Waals surface area contributed by atoms with Crippen LogP contribution in [0.25, 0.3) is 0 Å². The van der Waals surface area contributed by atoms with Crippen LogP contribution in [0.1, 0.15) is 102 Å². The monoisotopic (exact) mass is 1310 g/mol. The molecule has 3 N–H and O–H groups in total. The highest BCUT2D eigenvalue weighted by Crippen LogP contribution is 2.44. The molecular weight excluding hydrogens is 1260 g/mol. The Morgan fingerprint density at radius 3 is 1.15 bits per heavy atom. The summed E-state index contributed by atoms with van der Waals surface area (Å²) in [5.41, 5.74) is 6.34. The van der Waals surface area contributed by atoms with E-state index in [1.807, 2.05) is 6.92 Å². The molecule has 0 spiro atoms. The van der Waals surface area contributed by atoms with Gasteiger partial charge in [-0.15, -0.1) is 30.6 Å². The average molecular weight is 1310 g/mol. The third-order valence-corrected chi connectivity index (χ3v) is 18.3. The van der Waals surface area contributed by atoms with Crippen LogP contribution in [0.4, 0.5) is 0 Å². The molecule has 3 aromatic heterocycles. The molecule has 87 heavy (non-hydrogen) atoms. The van der Waals surface area contributed by atoms with Gasteiger partial charge in [-0.05, 0) is 81.3 Å². The van der Waals surface area contributed by atoms with Crippen LogP contribution in [0.3, 0.4) is 0 Å². The van der Waals surface area contributed by atoms with E-state index < -0.39 is 83.0 Å². The molecule has 0 radical (unpaired) electrons. The Labute approximate surface area is 523 Å². The van der Waals surface area contributed by atoms with E-state index in [9.17, 15) is 43.8 Å². The number of aromatic nitrogens is 6. The van der Waals surface area contributed by atoms with Gasteiger partial charge in [0.1, 0.15) is 67.7 Å². The number of hydrogen-bond donors (Lipinski definition) is 3. The molecule has 3 aliphatic rings. The quantitative estimate of drug-likeness (QED) is 0.0312. The summed E-state index contributed by atoms with van der Waals surface area (Å²) in [6.07, 6.45) is 2.36. The first-order valence-electron chi connectivity index (χ1n) is 26.2. The summed E-state index contributed by atoms with van der Waals surface area (Å²) in [4.78, 5) is 72.3. The SMILES string of the molecule is CCC(=O)OCOC(=O)c1c(OC)ccc2c1OB(O)[C@@H](Sc1nncs1)C2.CCCC(=O)OCOC(=O)c1c(OC)ccc2c1OB(O)[C@@H](Sc1nncs1)C2.COc1ccc2c(c1C(=O)OCOC(=O)C(C)(C)C)OB(O)[C@@H](Sc1nncs1)C2. The Hall–Kier alpha value is -6.92. The Morgan fingerprint density at radius 1 is 0.529 bits per heavy atom. The van der Waals surface area contributed by atoms with Crippen LogP contribution >= 0.6 is 69.3 Å². The number of esters is 6. The van der Waals surface area contributed by atoms with Crippen molar-refractivity contribution < 1.29 is 100 Å². The van der Waals surface area contributed by atoms with Gasteiger partial charge in [0.15, 0.2) is 13.0 Å². The summed E-state index contributed by atoms with van der Waals surface area (Å²) in [5.74, 6) is -2.53. The van der Waals surface area contributed by atoms with E-state index >= 15 is 0 Å². The minimum absolute atomic E-state index is 0.0280. The van der Waals surface area contributed by atoms with Crippen LogP contribution in [0.5, 0.6) is 34.5 Å². The number of fused-ring (bicyclic) bond motifs is 3. The zero-order valence-electron chi connectivity index (χ0n) is 47.8. The first-order chi connectivity index (χ1) is 41.8. The van der Waals surface area contributed by atoms with E-state index in [0.717, 1.165) is 0 Å². The number of rotatable bonds is 21. The van der Waals surface area contributed by atoms with Crippen molar-refractivity contribution in [1.82, 2.24) is 30.6 Å². The van der Waals surface area contributed by atoms with Crippen LogP contribution in [-0.2, 0) is 62.1 Å². The van der Waals surface area contributed by atoms with Gasteiger partial charge >= 0.3 is 57.2 Å². The molecular formula is C51H57B3N6O21S6. The van der Waals surface area contributed by atoms with Crippen LogP contribution in [0.15, 0.2) is 65.9 Å². The number of carbonyl (C=O) groups excluding carboxylic acids is 6.